The van der Waals surface area contributed by atoms with Gasteiger partial charge in [-0.2, -0.15) is 0 Å². The predicted molar refractivity (Wildman–Crippen MR) is 108 cm³/mol. The molecule has 4 amide bonds. The van der Waals surface area contributed by atoms with Gasteiger partial charge in [0, 0.05) is 0 Å². The van der Waals surface area contributed by atoms with Crippen LogP contribution in [0, 0.1) is 0 Å². The van der Waals surface area contributed by atoms with Gasteiger partial charge in [-0.25, -0.2) is 19.6 Å². The molecule has 1 saturated heterocycles. The number of amides is 4. The fourth-order valence-corrected chi connectivity index (χ4v) is 4.26. The number of ether oxygens (including phenoxy) is 1. The molecule has 8 nitrogen and oxygen atoms in total. The van der Waals surface area contributed by atoms with Crippen molar-refractivity contribution in [3.8, 4) is 5.75 Å². The Labute approximate surface area is 170 Å². The third-order valence-electron chi connectivity index (χ3n) is 4.60. The maximum Gasteiger partial charge on any atom is 0.343 e. The molecule has 1 unspecified atom stereocenters. The molecule has 0 bridgehead atoms. The second-order valence-electron chi connectivity index (χ2n) is 6.72. The molecule has 9 heteroatoms. The van der Waals surface area contributed by atoms with Crippen molar-refractivity contribution in [3.63, 3.8) is 0 Å². The van der Waals surface area contributed by atoms with Gasteiger partial charge in [0.2, 0.25) is 0 Å². The quantitative estimate of drug-likeness (QED) is 0.488. The number of urea groups is 1. The van der Waals surface area contributed by atoms with Crippen molar-refractivity contribution in [1.82, 2.24) is 9.88 Å². The van der Waals surface area contributed by atoms with Gasteiger partial charge in [-0.05, 0) is 36.4 Å². The van der Waals surface area contributed by atoms with E-state index < -0.39 is 17.8 Å². The zero-order chi connectivity index (χ0) is 20.5. The van der Waals surface area contributed by atoms with Crippen LogP contribution in [-0.2, 0) is 16.1 Å². The molecule has 2 aromatic carbocycles. The van der Waals surface area contributed by atoms with E-state index in [0.29, 0.717) is 18.0 Å². The summed E-state index contributed by atoms with van der Waals surface area (Å²) in [6, 6.07) is 13.6. The lowest BCUT2D eigenvalue weighted by atomic mass is 10.3. The highest BCUT2D eigenvalue weighted by Gasteiger charge is 2.46. The standard InChI is InChI=1S/C20H18N4O4S/c1-22(11-17-21-15-5-3-4-6-16(15)29-17)12-23-18(25)19(26)24(20(23)27)13-7-9-14(28-2)10-8-13/h3-10H,11-12H2,1-2H3/p+1. The van der Waals surface area contributed by atoms with E-state index in [1.165, 1.54) is 7.11 Å². The highest BCUT2D eigenvalue weighted by molar-refractivity contribution is 7.18. The first-order valence-electron chi connectivity index (χ1n) is 8.97. The lowest BCUT2D eigenvalue weighted by molar-refractivity contribution is -0.901. The van der Waals surface area contributed by atoms with Crippen molar-refractivity contribution < 1.29 is 24.0 Å². The maximum atomic E-state index is 12.8. The Morgan fingerprint density at radius 1 is 1.03 bits per heavy atom. The van der Waals surface area contributed by atoms with Gasteiger partial charge in [-0.1, -0.05) is 12.1 Å². The molecule has 1 fully saturated rings. The number of carbonyl (C=O) groups excluding carboxylic acids is 3. The third kappa shape index (κ3) is 3.57. The number of benzene rings is 2. The molecule has 3 aromatic rings. The van der Waals surface area contributed by atoms with Crippen molar-refractivity contribution in [2.75, 3.05) is 25.7 Å². The number of methoxy groups -OCH3 is 1. The summed E-state index contributed by atoms with van der Waals surface area (Å²) in [5.74, 6) is -1.08. The number of para-hydroxylation sites is 1. The van der Waals surface area contributed by atoms with Crippen LogP contribution in [0.1, 0.15) is 5.01 Å². The number of anilines is 1. The summed E-state index contributed by atoms with van der Waals surface area (Å²) in [6.45, 7) is 0.610. The minimum atomic E-state index is -0.854. The number of thiazole rings is 1. The first kappa shape index (κ1) is 19.0. The Hall–Kier alpha value is -3.30. The fraction of sp³-hybridized carbons (Fsp3) is 0.200. The number of hydrogen-bond acceptors (Lipinski definition) is 6. The van der Waals surface area contributed by atoms with Crippen molar-refractivity contribution in [2.24, 2.45) is 0 Å². The highest BCUT2D eigenvalue weighted by Crippen LogP contribution is 2.24. The number of fused-ring (bicyclic) bond motifs is 1. The summed E-state index contributed by atoms with van der Waals surface area (Å²) in [4.78, 5) is 44.9. The van der Waals surface area contributed by atoms with Crippen LogP contribution in [0.4, 0.5) is 10.5 Å². The van der Waals surface area contributed by atoms with E-state index in [9.17, 15) is 14.4 Å². The molecule has 29 heavy (non-hydrogen) atoms. The normalized spacial score (nSPS) is 15.4. The first-order valence-corrected chi connectivity index (χ1v) is 9.79. The van der Waals surface area contributed by atoms with Gasteiger partial charge in [0.15, 0.2) is 6.67 Å². The molecule has 1 atom stereocenters. The molecule has 2 heterocycles. The van der Waals surface area contributed by atoms with E-state index in [1.54, 1.807) is 35.6 Å². The molecular formula is C20H19N4O4S+. The molecule has 4 rings (SSSR count). The molecule has 1 aliphatic heterocycles. The average Bonchev–Trinajstić information content (AvgIpc) is 3.22. The molecule has 1 aliphatic rings. The number of aromatic nitrogens is 1. The summed E-state index contributed by atoms with van der Waals surface area (Å²) >= 11 is 1.58. The highest BCUT2D eigenvalue weighted by atomic mass is 32.1. The topological polar surface area (TPSA) is 84.2 Å². The third-order valence-corrected chi connectivity index (χ3v) is 5.64. The lowest BCUT2D eigenvalue weighted by Gasteiger charge is -2.19. The summed E-state index contributed by atoms with van der Waals surface area (Å²) < 4.78 is 6.17. The Morgan fingerprint density at radius 2 is 1.76 bits per heavy atom. The van der Waals surface area contributed by atoms with Gasteiger partial charge in [0.25, 0.3) is 0 Å². The smallest absolute Gasteiger partial charge is 0.343 e. The Balaban J connectivity index is 1.48. The number of nitrogens with zero attached hydrogens (tertiary/aromatic N) is 3. The number of quaternary nitrogens is 1. The van der Waals surface area contributed by atoms with E-state index in [0.717, 1.165) is 29.9 Å². The first-order chi connectivity index (χ1) is 14.0. The van der Waals surface area contributed by atoms with Gasteiger partial charge in [-0.3, -0.25) is 9.59 Å². The summed E-state index contributed by atoms with van der Waals surface area (Å²) in [5.41, 5.74) is 1.26. The Bertz CT molecular complexity index is 1060. The second kappa shape index (κ2) is 7.61. The zero-order valence-corrected chi connectivity index (χ0v) is 16.7. The van der Waals surface area contributed by atoms with Crippen LogP contribution in [0.25, 0.3) is 10.2 Å². The van der Waals surface area contributed by atoms with Crippen LogP contribution in [0.3, 0.4) is 0 Å². The number of rotatable bonds is 6. The maximum absolute atomic E-state index is 12.8. The molecule has 0 aliphatic carbocycles. The SMILES string of the molecule is COc1ccc(N2C(=O)C(=O)N(C[NH+](C)Cc3nc4ccccc4s3)C2=O)cc1. The van der Waals surface area contributed by atoms with Gasteiger partial charge in [0.1, 0.15) is 17.3 Å². The molecule has 0 radical (unpaired) electrons. The molecular weight excluding hydrogens is 392 g/mol. The largest absolute Gasteiger partial charge is 0.497 e. The van der Waals surface area contributed by atoms with Crippen molar-refractivity contribution in [1.29, 1.82) is 0 Å². The number of imide groups is 2. The van der Waals surface area contributed by atoms with Crippen molar-refractivity contribution >= 4 is 45.1 Å². The van der Waals surface area contributed by atoms with Crippen LogP contribution in [0.2, 0.25) is 0 Å². The van der Waals surface area contributed by atoms with E-state index in [-0.39, 0.29) is 6.67 Å². The number of nitrogens with one attached hydrogen (secondary N) is 1. The van der Waals surface area contributed by atoms with E-state index in [4.69, 9.17) is 4.74 Å². The van der Waals surface area contributed by atoms with Crippen LogP contribution < -0.4 is 14.5 Å². The lowest BCUT2D eigenvalue weighted by Crippen LogP contribution is -3.09. The summed E-state index contributed by atoms with van der Waals surface area (Å²) in [6.07, 6.45) is 0. The van der Waals surface area contributed by atoms with Crippen LogP contribution in [0.15, 0.2) is 48.5 Å². The molecule has 0 spiro atoms. The van der Waals surface area contributed by atoms with E-state index >= 15 is 0 Å². The second-order valence-corrected chi connectivity index (χ2v) is 7.84. The molecule has 1 N–H and O–H groups in total. The van der Waals surface area contributed by atoms with Crippen LogP contribution >= 0.6 is 11.3 Å². The predicted octanol–water partition coefficient (Wildman–Crippen LogP) is 1.27. The number of hydrogen-bond donors (Lipinski definition) is 1. The average molecular weight is 411 g/mol. The van der Waals surface area contributed by atoms with Crippen molar-refractivity contribution in [2.45, 2.75) is 6.54 Å². The van der Waals surface area contributed by atoms with Gasteiger partial charge >= 0.3 is 17.8 Å². The summed E-state index contributed by atoms with van der Waals surface area (Å²) in [5, 5.41) is 0.904. The van der Waals surface area contributed by atoms with Crippen molar-refractivity contribution in [3.05, 3.63) is 53.5 Å². The fourth-order valence-electron chi connectivity index (χ4n) is 3.18. The summed E-state index contributed by atoms with van der Waals surface area (Å²) in [7, 11) is 3.38. The molecule has 1 aromatic heterocycles. The van der Waals surface area contributed by atoms with Crippen LogP contribution in [-0.4, -0.2) is 48.6 Å². The molecule has 148 valence electrons. The minimum absolute atomic E-state index is 0.0754. The van der Waals surface area contributed by atoms with Gasteiger partial charge in [-0.15, -0.1) is 11.3 Å². The van der Waals surface area contributed by atoms with Crippen LogP contribution in [0.5, 0.6) is 5.75 Å². The zero-order valence-electron chi connectivity index (χ0n) is 15.9. The Morgan fingerprint density at radius 3 is 2.45 bits per heavy atom. The number of carbonyl (C=O) groups is 3. The van der Waals surface area contributed by atoms with E-state index in [2.05, 4.69) is 4.98 Å². The van der Waals surface area contributed by atoms with Gasteiger partial charge < -0.3 is 9.64 Å². The monoisotopic (exact) mass is 411 g/mol. The Kier molecular flexibility index (Phi) is 4.99. The molecule has 0 saturated carbocycles. The van der Waals surface area contributed by atoms with E-state index in [1.807, 2.05) is 31.3 Å². The minimum Gasteiger partial charge on any atom is -0.497 e. The van der Waals surface area contributed by atoms with Gasteiger partial charge in [0.05, 0.1) is 30.1 Å².